The molecule has 1 fully saturated rings. The number of halogens is 3. The van der Waals surface area contributed by atoms with Gasteiger partial charge in [0.1, 0.15) is 5.69 Å². The number of benzene rings is 1. The monoisotopic (exact) mass is 464 g/mol. The van der Waals surface area contributed by atoms with Gasteiger partial charge in [-0.1, -0.05) is 44.2 Å². The minimum absolute atomic E-state index is 0. The summed E-state index contributed by atoms with van der Waals surface area (Å²) in [4.78, 5) is 29.7. The number of Topliss-reactive ketones (excluding diaryl/α,β-unsaturated/α-hetero) is 2. The van der Waals surface area contributed by atoms with Crippen molar-refractivity contribution in [2.45, 2.75) is 57.8 Å². The van der Waals surface area contributed by atoms with Crippen LogP contribution in [0.2, 0.25) is 0 Å². The van der Waals surface area contributed by atoms with Crippen LogP contribution in [0.4, 0.5) is 8.78 Å². The molecule has 32 heavy (non-hydrogen) atoms. The van der Waals surface area contributed by atoms with E-state index in [1.165, 1.54) is 0 Å². The fourth-order valence-electron chi connectivity index (χ4n) is 4.07. The first kappa shape index (κ1) is 26.1. The van der Waals surface area contributed by atoms with Gasteiger partial charge in [0, 0.05) is 35.9 Å². The molecule has 0 unspecified atom stereocenters. The van der Waals surface area contributed by atoms with Gasteiger partial charge in [0.25, 0.3) is 5.92 Å². The Labute approximate surface area is 194 Å². The van der Waals surface area contributed by atoms with Crippen LogP contribution in [0.5, 0.6) is 0 Å². The highest BCUT2D eigenvalue weighted by Crippen LogP contribution is 2.33. The second-order valence-electron chi connectivity index (χ2n) is 8.31. The maximum absolute atomic E-state index is 14.0. The molecule has 2 aromatic rings. The number of carbonyl (C=O) groups excluding carboxylic acids is 2. The highest BCUT2D eigenvalue weighted by atomic mass is 35.5. The Hall–Kier alpha value is -2.18. The lowest BCUT2D eigenvalue weighted by atomic mass is 9.88. The number of carbonyl (C=O) groups is 2. The normalized spacial score (nSPS) is 18.4. The third-order valence-corrected chi connectivity index (χ3v) is 6.10. The molecule has 1 saturated heterocycles. The summed E-state index contributed by atoms with van der Waals surface area (Å²) in [6.45, 7) is 4.05. The van der Waals surface area contributed by atoms with Crippen molar-refractivity contribution in [1.29, 1.82) is 0 Å². The van der Waals surface area contributed by atoms with Gasteiger partial charge in [-0.15, -0.1) is 12.4 Å². The third-order valence-electron chi connectivity index (χ3n) is 6.10. The second-order valence-corrected chi connectivity index (χ2v) is 8.31. The van der Waals surface area contributed by atoms with Gasteiger partial charge in [0.05, 0.1) is 6.54 Å². The van der Waals surface area contributed by atoms with Gasteiger partial charge in [0.2, 0.25) is 0 Å². The lowest BCUT2D eigenvalue weighted by Crippen LogP contribution is -2.45. The molecule has 0 bridgehead atoms. The quantitative estimate of drug-likeness (QED) is 0.473. The van der Waals surface area contributed by atoms with Crippen molar-refractivity contribution in [3.8, 4) is 0 Å². The minimum Gasteiger partial charge on any atom is -0.311 e. The summed E-state index contributed by atoms with van der Waals surface area (Å²) in [5.41, 5.74) is 2.43. The Kier molecular flexibility index (Phi) is 9.47. The molecule has 7 heteroatoms. The van der Waals surface area contributed by atoms with Gasteiger partial charge in [-0.2, -0.15) is 0 Å². The molecule has 1 N–H and O–H groups in total. The summed E-state index contributed by atoms with van der Waals surface area (Å²) in [6, 6.07) is 13.1. The van der Waals surface area contributed by atoms with E-state index in [1.807, 2.05) is 37.3 Å². The Morgan fingerprint density at radius 3 is 2.56 bits per heavy atom. The maximum atomic E-state index is 14.0. The summed E-state index contributed by atoms with van der Waals surface area (Å²) in [7, 11) is 0. The number of pyridine rings is 1. The van der Waals surface area contributed by atoms with Crippen molar-refractivity contribution < 1.29 is 18.4 Å². The zero-order valence-electron chi connectivity index (χ0n) is 18.6. The third kappa shape index (κ3) is 6.42. The number of ketones is 2. The molecule has 1 aliphatic rings. The number of rotatable bonds is 9. The highest BCUT2D eigenvalue weighted by Gasteiger charge is 2.40. The van der Waals surface area contributed by atoms with E-state index < -0.39 is 11.8 Å². The molecule has 0 spiro atoms. The van der Waals surface area contributed by atoms with Crippen LogP contribution in [0, 0.1) is 5.92 Å². The van der Waals surface area contributed by atoms with Crippen molar-refractivity contribution >= 4 is 24.0 Å². The van der Waals surface area contributed by atoms with E-state index >= 15 is 0 Å². The molecule has 1 aromatic carbocycles. The molecule has 2 heterocycles. The number of hydrogen-bond acceptors (Lipinski definition) is 4. The summed E-state index contributed by atoms with van der Waals surface area (Å²) in [6.07, 6.45) is 1.63. The first-order valence-corrected chi connectivity index (χ1v) is 11.0. The molecule has 0 saturated carbocycles. The SMILES string of the molecule is CCC(=O)c1cc(C(=O)CCC[C@@H]2CCNCC2(F)F)cc([C@@H](C)c2ccccc2)n1.Cl. The second kappa shape index (κ2) is 11.6. The molecule has 0 radical (unpaired) electrons. The zero-order valence-corrected chi connectivity index (χ0v) is 19.4. The fraction of sp³-hybridized carbons (Fsp3) is 0.480. The van der Waals surface area contributed by atoms with E-state index in [2.05, 4.69) is 10.3 Å². The standard InChI is InChI=1S/C25H30F2N2O2.ClH/c1-3-23(30)22-15-19(14-21(29-22)17(2)18-8-5-4-6-9-18)24(31)11-7-10-20-12-13-28-16-25(20,26)27;/h4-6,8-9,14-15,17,20,28H,3,7,10-13,16H2,1-2H3;1H/t17-,20+;/m0./s1. The largest absolute Gasteiger partial charge is 0.311 e. The van der Waals surface area contributed by atoms with Crippen LogP contribution in [0.1, 0.15) is 84.0 Å². The molecule has 2 atom stereocenters. The lowest BCUT2D eigenvalue weighted by molar-refractivity contribution is -0.0764. The molecule has 4 nitrogen and oxygen atoms in total. The van der Waals surface area contributed by atoms with Gasteiger partial charge in [-0.25, -0.2) is 13.8 Å². The summed E-state index contributed by atoms with van der Waals surface area (Å²) in [5.74, 6) is -3.75. The van der Waals surface area contributed by atoms with Gasteiger partial charge in [-0.05, 0) is 43.5 Å². The van der Waals surface area contributed by atoms with Gasteiger partial charge in [-0.3, -0.25) is 9.59 Å². The van der Waals surface area contributed by atoms with Gasteiger partial charge >= 0.3 is 0 Å². The summed E-state index contributed by atoms with van der Waals surface area (Å²) >= 11 is 0. The van der Waals surface area contributed by atoms with Crippen LogP contribution in [-0.4, -0.2) is 35.6 Å². The summed E-state index contributed by atoms with van der Waals surface area (Å²) in [5, 5.41) is 2.73. The number of aromatic nitrogens is 1. The number of hydrogen-bond donors (Lipinski definition) is 1. The number of alkyl halides is 2. The first-order chi connectivity index (χ1) is 14.8. The maximum Gasteiger partial charge on any atom is 0.263 e. The van der Waals surface area contributed by atoms with Crippen LogP contribution in [0.25, 0.3) is 0 Å². The van der Waals surface area contributed by atoms with E-state index in [9.17, 15) is 18.4 Å². The van der Waals surface area contributed by atoms with Crippen LogP contribution in [0.15, 0.2) is 42.5 Å². The Morgan fingerprint density at radius 2 is 1.91 bits per heavy atom. The van der Waals surface area contributed by atoms with E-state index in [-0.39, 0.29) is 48.6 Å². The molecule has 1 aliphatic heterocycles. The smallest absolute Gasteiger partial charge is 0.263 e. The Bertz CT molecular complexity index is 921. The molecule has 0 aliphatic carbocycles. The summed E-state index contributed by atoms with van der Waals surface area (Å²) < 4.78 is 28.0. The molecule has 174 valence electrons. The molecule has 1 aromatic heterocycles. The zero-order chi connectivity index (χ0) is 22.4. The van der Waals surface area contributed by atoms with Crippen molar-refractivity contribution in [2.24, 2.45) is 5.92 Å². The number of piperidine rings is 1. The van der Waals surface area contributed by atoms with E-state index in [4.69, 9.17) is 0 Å². The average Bonchev–Trinajstić information content (AvgIpc) is 2.79. The highest BCUT2D eigenvalue weighted by molar-refractivity contribution is 6.00. The van der Waals surface area contributed by atoms with Gasteiger partial charge in [0.15, 0.2) is 11.6 Å². The predicted molar refractivity (Wildman–Crippen MR) is 124 cm³/mol. The van der Waals surface area contributed by atoms with E-state index in [1.54, 1.807) is 19.1 Å². The van der Waals surface area contributed by atoms with Crippen LogP contribution >= 0.6 is 12.4 Å². The minimum atomic E-state index is -2.73. The first-order valence-electron chi connectivity index (χ1n) is 11.0. The fourth-order valence-corrected chi connectivity index (χ4v) is 4.07. The van der Waals surface area contributed by atoms with E-state index in [0.29, 0.717) is 43.5 Å². The average molecular weight is 465 g/mol. The van der Waals surface area contributed by atoms with Crippen molar-refractivity contribution in [3.05, 3.63) is 65.0 Å². The molecular weight excluding hydrogens is 434 g/mol. The molecule has 0 amide bonds. The van der Waals surface area contributed by atoms with E-state index in [0.717, 1.165) is 5.56 Å². The van der Waals surface area contributed by atoms with Gasteiger partial charge < -0.3 is 5.32 Å². The topological polar surface area (TPSA) is 59.1 Å². The van der Waals surface area contributed by atoms with Crippen molar-refractivity contribution in [1.82, 2.24) is 10.3 Å². The Balaban J connectivity index is 0.00000363. The van der Waals surface area contributed by atoms with Crippen LogP contribution < -0.4 is 5.32 Å². The van der Waals surface area contributed by atoms with Crippen LogP contribution in [0.3, 0.4) is 0 Å². The predicted octanol–water partition coefficient (Wildman–Crippen LogP) is 5.85. The Morgan fingerprint density at radius 1 is 1.19 bits per heavy atom. The number of nitrogens with one attached hydrogen (secondary N) is 1. The molecule has 3 rings (SSSR count). The lowest BCUT2D eigenvalue weighted by Gasteiger charge is -2.31. The van der Waals surface area contributed by atoms with Crippen molar-refractivity contribution in [2.75, 3.05) is 13.1 Å². The van der Waals surface area contributed by atoms with Crippen molar-refractivity contribution in [3.63, 3.8) is 0 Å². The molecular formula is C25H31ClF2N2O2. The van der Waals surface area contributed by atoms with Crippen LogP contribution in [-0.2, 0) is 0 Å². The number of nitrogens with zero attached hydrogens (tertiary/aromatic N) is 1.